The highest BCUT2D eigenvalue weighted by atomic mass is 32.2. The molecule has 0 radical (unpaired) electrons. The molecule has 0 aliphatic heterocycles. The minimum Gasteiger partial charge on any atom is -0.326 e. The summed E-state index contributed by atoms with van der Waals surface area (Å²) < 4.78 is 54.9. The third-order valence-electron chi connectivity index (χ3n) is 2.75. The van der Waals surface area contributed by atoms with E-state index in [1.54, 1.807) is 6.20 Å². The first kappa shape index (κ1) is 15.5. The van der Waals surface area contributed by atoms with Crippen LogP contribution in [-0.2, 0) is 23.1 Å². The summed E-state index contributed by atoms with van der Waals surface area (Å²) in [5.41, 5.74) is 4.75. The molecule has 10 heteroatoms. The quantitative estimate of drug-likeness (QED) is 0.780. The number of rotatable bonds is 6. The zero-order valence-electron chi connectivity index (χ0n) is 10.8. The molecule has 1 aromatic carbocycles. The van der Waals surface area contributed by atoms with E-state index < -0.39 is 38.7 Å². The first-order valence-corrected chi connectivity index (χ1v) is 7.44. The van der Waals surface area contributed by atoms with Gasteiger partial charge in [0.25, 0.3) is 0 Å². The van der Waals surface area contributed by atoms with Gasteiger partial charge in [-0.2, -0.15) is 0 Å². The van der Waals surface area contributed by atoms with Crippen LogP contribution in [0.25, 0.3) is 0 Å². The molecule has 0 aliphatic rings. The van der Waals surface area contributed by atoms with Crippen LogP contribution in [-0.4, -0.2) is 30.0 Å². The van der Waals surface area contributed by atoms with Crippen molar-refractivity contribution >= 4 is 10.0 Å². The van der Waals surface area contributed by atoms with Crippen molar-refractivity contribution in [3.8, 4) is 0 Å². The van der Waals surface area contributed by atoms with Gasteiger partial charge in [-0.1, -0.05) is 5.21 Å². The summed E-state index contributed by atoms with van der Waals surface area (Å²) in [5.74, 6) is -2.05. The first-order chi connectivity index (χ1) is 9.95. The van der Waals surface area contributed by atoms with Crippen LogP contribution in [0.2, 0.25) is 0 Å². The van der Waals surface area contributed by atoms with Crippen molar-refractivity contribution in [3.05, 3.63) is 41.7 Å². The van der Waals surface area contributed by atoms with Gasteiger partial charge in [-0.15, -0.1) is 5.10 Å². The minimum atomic E-state index is -4.10. The molecule has 2 rings (SSSR count). The second-order valence-corrected chi connectivity index (χ2v) is 5.84. The lowest BCUT2D eigenvalue weighted by atomic mass is 10.2. The Balaban J connectivity index is 2.16. The summed E-state index contributed by atoms with van der Waals surface area (Å²) in [7, 11) is -4.10. The Morgan fingerprint density at radius 3 is 2.71 bits per heavy atom. The third kappa shape index (κ3) is 3.40. The Kier molecular flexibility index (Phi) is 4.60. The number of nitrogens with two attached hydrogens (primary N) is 1. The molecule has 0 unspecified atom stereocenters. The fraction of sp³-hybridized carbons (Fsp3) is 0.273. The summed E-state index contributed by atoms with van der Waals surface area (Å²) in [5, 5.41) is 7.22. The number of nitrogens with zero attached hydrogens (tertiary/aromatic N) is 3. The van der Waals surface area contributed by atoms with E-state index in [4.69, 9.17) is 5.73 Å². The molecule has 1 aromatic heterocycles. The van der Waals surface area contributed by atoms with Gasteiger partial charge in [0.15, 0.2) is 5.82 Å². The lowest BCUT2D eigenvalue weighted by Gasteiger charge is -2.10. The highest BCUT2D eigenvalue weighted by molar-refractivity contribution is 7.89. The van der Waals surface area contributed by atoms with E-state index >= 15 is 0 Å². The van der Waals surface area contributed by atoms with E-state index in [1.807, 2.05) is 0 Å². The van der Waals surface area contributed by atoms with Gasteiger partial charge < -0.3 is 5.73 Å². The van der Waals surface area contributed by atoms with Crippen LogP contribution in [0.15, 0.2) is 29.4 Å². The lowest BCUT2D eigenvalue weighted by Crippen LogP contribution is -2.28. The highest BCUT2D eigenvalue weighted by Crippen LogP contribution is 2.20. The van der Waals surface area contributed by atoms with Gasteiger partial charge in [0.2, 0.25) is 10.0 Å². The largest absolute Gasteiger partial charge is 0.326 e. The van der Waals surface area contributed by atoms with Gasteiger partial charge in [-0.05, 0) is 12.1 Å². The summed E-state index contributed by atoms with van der Waals surface area (Å²) >= 11 is 0. The van der Waals surface area contributed by atoms with E-state index in [9.17, 15) is 17.2 Å². The monoisotopic (exact) mass is 317 g/mol. The number of benzene rings is 1. The standard InChI is InChI=1S/C11H13F2N5O2S/c12-9-1-2-10(11(13)8(9)7-14)21(19,20)16-4-6-18-5-3-15-17-18/h1-3,5,16H,4,6-7,14H2. The fourth-order valence-electron chi connectivity index (χ4n) is 1.70. The van der Waals surface area contributed by atoms with Crippen LogP contribution in [0.4, 0.5) is 8.78 Å². The molecule has 0 spiro atoms. The van der Waals surface area contributed by atoms with E-state index in [1.165, 1.54) is 10.9 Å². The average Bonchev–Trinajstić information content (AvgIpc) is 2.92. The van der Waals surface area contributed by atoms with Crippen molar-refractivity contribution in [2.45, 2.75) is 18.0 Å². The molecule has 0 atom stereocenters. The van der Waals surface area contributed by atoms with E-state index in [2.05, 4.69) is 15.0 Å². The highest BCUT2D eigenvalue weighted by Gasteiger charge is 2.22. The minimum absolute atomic E-state index is 0.0134. The number of halogens is 2. The van der Waals surface area contributed by atoms with E-state index in [0.29, 0.717) is 0 Å². The molecule has 0 amide bonds. The van der Waals surface area contributed by atoms with Crippen LogP contribution in [0.3, 0.4) is 0 Å². The van der Waals surface area contributed by atoms with E-state index in [-0.39, 0.29) is 13.1 Å². The Labute approximate surface area is 119 Å². The Hall–Kier alpha value is -1.91. The van der Waals surface area contributed by atoms with Gasteiger partial charge >= 0.3 is 0 Å². The Morgan fingerprint density at radius 2 is 2.10 bits per heavy atom. The molecule has 2 aromatic rings. The van der Waals surface area contributed by atoms with Gasteiger partial charge in [-0.25, -0.2) is 21.9 Å². The molecule has 0 bridgehead atoms. The van der Waals surface area contributed by atoms with Crippen molar-refractivity contribution in [1.29, 1.82) is 0 Å². The van der Waals surface area contributed by atoms with Crippen molar-refractivity contribution < 1.29 is 17.2 Å². The molecule has 0 fully saturated rings. The predicted molar refractivity (Wildman–Crippen MR) is 69.5 cm³/mol. The fourth-order valence-corrected chi connectivity index (χ4v) is 2.82. The van der Waals surface area contributed by atoms with Crippen molar-refractivity contribution in [2.24, 2.45) is 5.73 Å². The smallest absolute Gasteiger partial charge is 0.243 e. The number of nitrogens with one attached hydrogen (secondary N) is 1. The Morgan fingerprint density at radius 1 is 1.33 bits per heavy atom. The Bertz CT molecular complexity index is 718. The molecular formula is C11H13F2N5O2S. The average molecular weight is 317 g/mol. The number of sulfonamides is 1. The normalized spacial score (nSPS) is 11.8. The van der Waals surface area contributed by atoms with Crippen molar-refractivity contribution in [3.63, 3.8) is 0 Å². The second kappa shape index (κ2) is 6.24. The zero-order chi connectivity index (χ0) is 15.5. The maximum absolute atomic E-state index is 14.0. The van der Waals surface area contributed by atoms with Crippen LogP contribution in [0, 0.1) is 11.6 Å². The summed E-state index contributed by atoms with van der Waals surface area (Å²) in [6.45, 7) is -0.216. The molecule has 0 saturated heterocycles. The maximum Gasteiger partial charge on any atom is 0.243 e. The third-order valence-corrected chi connectivity index (χ3v) is 4.23. The van der Waals surface area contributed by atoms with Gasteiger partial charge in [0.1, 0.15) is 10.7 Å². The number of hydrogen-bond acceptors (Lipinski definition) is 5. The summed E-state index contributed by atoms with van der Waals surface area (Å²) in [6.07, 6.45) is 3.00. The van der Waals surface area contributed by atoms with Gasteiger partial charge in [0, 0.05) is 24.8 Å². The predicted octanol–water partition coefficient (Wildman–Crippen LogP) is -0.00650. The topological polar surface area (TPSA) is 103 Å². The molecule has 21 heavy (non-hydrogen) atoms. The van der Waals surface area contributed by atoms with Crippen molar-refractivity contribution in [2.75, 3.05) is 6.54 Å². The number of aromatic nitrogens is 3. The molecule has 7 nitrogen and oxygen atoms in total. The van der Waals surface area contributed by atoms with Gasteiger partial charge in [0.05, 0.1) is 12.7 Å². The van der Waals surface area contributed by atoms with Crippen LogP contribution in [0.1, 0.15) is 5.56 Å². The summed E-state index contributed by atoms with van der Waals surface area (Å²) in [4.78, 5) is -0.636. The molecule has 1 heterocycles. The molecule has 3 N–H and O–H groups in total. The second-order valence-electron chi connectivity index (χ2n) is 4.11. The van der Waals surface area contributed by atoms with E-state index in [0.717, 1.165) is 12.1 Å². The maximum atomic E-state index is 14.0. The number of hydrogen-bond donors (Lipinski definition) is 2. The zero-order valence-corrected chi connectivity index (χ0v) is 11.6. The molecule has 0 aliphatic carbocycles. The SMILES string of the molecule is NCc1c(F)ccc(S(=O)(=O)NCCn2ccnn2)c1F. The molecule has 0 saturated carbocycles. The van der Waals surface area contributed by atoms with Crippen LogP contribution in [0.5, 0.6) is 0 Å². The van der Waals surface area contributed by atoms with Crippen LogP contribution < -0.4 is 10.5 Å². The van der Waals surface area contributed by atoms with Crippen molar-refractivity contribution in [1.82, 2.24) is 19.7 Å². The molecular weight excluding hydrogens is 304 g/mol. The first-order valence-electron chi connectivity index (χ1n) is 5.96. The lowest BCUT2D eigenvalue weighted by molar-refractivity contribution is 0.521. The van der Waals surface area contributed by atoms with Crippen LogP contribution >= 0.6 is 0 Å². The molecule has 114 valence electrons. The van der Waals surface area contributed by atoms with Gasteiger partial charge in [-0.3, -0.25) is 4.68 Å². The summed E-state index contributed by atoms with van der Waals surface area (Å²) in [6, 6.07) is 1.74.